The van der Waals surface area contributed by atoms with Crippen molar-refractivity contribution in [2.45, 2.75) is 63.1 Å². The normalized spacial score (nSPS) is 20.6. The summed E-state index contributed by atoms with van der Waals surface area (Å²) in [6.45, 7) is 5.10. The Morgan fingerprint density at radius 2 is 1.64 bits per heavy atom. The third kappa shape index (κ3) is 9.33. The number of sulfonamides is 1. The molecular formula is C36H45NO9S. The van der Waals surface area contributed by atoms with E-state index in [1.165, 1.54) is 23.5 Å². The lowest BCUT2D eigenvalue weighted by Crippen LogP contribution is -2.43. The number of esters is 1. The first-order valence-corrected chi connectivity index (χ1v) is 17.6. The van der Waals surface area contributed by atoms with E-state index < -0.39 is 34.1 Å². The number of aliphatic hydroxyl groups excluding tert-OH is 1. The van der Waals surface area contributed by atoms with Gasteiger partial charge in [0.25, 0.3) is 0 Å². The second-order valence-electron chi connectivity index (χ2n) is 12.6. The van der Waals surface area contributed by atoms with Gasteiger partial charge in [-0.15, -0.1) is 0 Å². The molecule has 0 spiro atoms. The molecule has 10 nitrogen and oxygen atoms in total. The number of ether oxygens (including phenoxy) is 5. The zero-order chi connectivity index (χ0) is 33.4. The maximum atomic E-state index is 13.8. The number of aliphatic hydroxyl groups is 1. The summed E-state index contributed by atoms with van der Waals surface area (Å²) in [6, 6.07) is 23.6. The Labute approximate surface area is 277 Å². The van der Waals surface area contributed by atoms with Crippen LogP contribution in [0.4, 0.5) is 0 Å². The summed E-state index contributed by atoms with van der Waals surface area (Å²) < 4.78 is 57.0. The molecule has 2 aliphatic heterocycles. The van der Waals surface area contributed by atoms with Crippen LogP contribution in [0.2, 0.25) is 0 Å². The fourth-order valence-electron chi connectivity index (χ4n) is 6.02. The van der Waals surface area contributed by atoms with Crippen molar-refractivity contribution in [3.63, 3.8) is 0 Å². The number of benzene rings is 3. The molecule has 5 rings (SSSR count). The Morgan fingerprint density at radius 1 is 0.936 bits per heavy atom. The molecule has 0 aromatic heterocycles. The number of carbonyl (C=O) groups excluding carboxylic acids is 1. The zero-order valence-electron chi connectivity index (χ0n) is 27.2. The summed E-state index contributed by atoms with van der Waals surface area (Å²) in [5, 5.41) is 11.7. The highest BCUT2D eigenvalue weighted by Gasteiger charge is 2.44. The first-order chi connectivity index (χ1) is 22.6. The van der Waals surface area contributed by atoms with Crippen molar-refractivity contribution < 1.29 is 42.0 Å². The largest absolute Gasteiger partial charge is 0.497 e. The smallest absolute Gasteiger partial charge is 0.306 e. The van der Waals surface area contributed by atoms with Crippen LogP contribution in [0, 0.1) is 17.8 Å². The maximum absolute atomic E-state index is 13.8. The topological polar surface area (TPSA) is 121 Å². The second-order valence-corrected chi connectivity index (χ2v) is 14.5. The van der Waals surface area contributed by atoms with Crippen LogP contribution in [0.3, 0.4) is 0 Å². The lowest BCUT2D eigenvalue weighted by molar-refractivity contribution is -0.153. The van der Waals surface area contributed by atoms with Crippen LogP contribution in [0.25, 0.3) is 0 Å². The van der Waals surface area contributed by atoms with Gasteiger partial charge in [0, 0.05) is 19.0 Å². The number of carbonyl (C=O) groups is 1. The molecule has 5 atom stereocenters. The molecule has 47 heavy (non-hydrogen) atoms. The van der Waals surface area contributed by atoms with Crippen molar-refractivity contribution in [1.29, 1.82) is 0 Å². The number of rotatable bonds is 16. The molecule has 2 fully saturated rings. The molecule has 0 bridgehead atoms. The first-order valence-electron chi connectivity index (χ1n) is 16.1. The fraction of sp³-hybridized carbons (Fsp3) is 0.472. The molecule has 254 valence electrons. The number of methoxy groups -OCH3 is 1. The minimum absolute atomic E-state index is 0.00832. The van der Waals surface area contributed by atoms with Crippen LogP contribution < -0.4 is 9.47 Å². The van der Waals surface area contributed by atoms with Gasteiger partial charge in [-0.2, -0.15) is 4.31 Å². The Kier molecular flexibility index (Phi) is 11.9. The number of fused-ring (bicyclic) bond motifs is 1. The number of nitrogens with zero attached hydrogens (tertiary/aromatic N) is 1. The molecule has 2 saturated heterocycles. The van der Waals surface area contributed by atoms with Crippen molar-refractivity contribution in [1.82, 2.24) is 4.31 Å². The van der Waals surface area contributed by atoms with Crippen LogP contribution in [0.1, 0.15) is 37.8 Å². The molecule has 0 radical (unpaired) electrons. The van der Waals surface area contributed by atoms with Crippen molar-refractivity contribution in [3.05, 3.63) is 90.0 Å². The summed E-state index contributed by atoms with van der Waals surface area (Å²) in [6.07, 6.45) is -0.956. The SMILES string of the molecule is COc1ccc(S(=O)(=O)N(CC(C)C)C[C@H](O)[C@@H](CC(=O)OC2CO[C@H]3OCCC23)Cc2ccc(OCc3ccccc3)cc2)cc1. The lowest BCUT2D eigenvalue weighted by atomic mass is 9.90. The Hall–Kier alpha value is -3.48. The molecule has 11 heteroatoms. The molecule has 2 aliphatic rings. The molecule has 3 aromatic rings. The molecule has 0 saturated carbocycles. The van der Waals surface area contributed by atoms with Gasteiger partial charge in [-0.25, -0.2) is 8.42 Å². The third-order valence-corrected chi connectivity index (χ3v) is 10.4. The van der Waals surface area contributed by atoms with E-state index in [-0.39, 0.29) is 49.1 Å². The van der Waals surface area contributed by atoms with Crippen molar-refractivity contribution >= 4 is 16.0 Å². The van der Waals surface area contributed by atoms with E-state index in [2.05, 4.69) is 0 Å². The highest BCUT2D eigenvalue weighted by Crippen LogP contribution is 2.34. The highest BCUT2D eigenvalue weighted by molar-refractivity contribution is 7.89. The molecular weight excluding hydrogens is 622 g/mol. The fourth-order valence-corrected chi connectivity index (χ4v) is 7.64. The van der Waals surface area contributed by atoms with Crippen LogP contribution in [-0.4, -0.2) is 75.7 Å². The lowest BCUT2D eigenvalue weighted by Gasteiger charge is -2.30. The van der Waals surface area contributed by atoms with E-state index in [4.69, 9.17) is 23.7 Å². The third-order valence-electron chi connectivity index (χ3n) is 8.57. The summed E-state index contributed by atoms with van der Waals surface area (Å²) in [5.74, 6) is 0.117. The standard InChI is InChI=1S/C36H45NO9S/c1-25(2)21-37(47(40,41)31-15-13-29(42-3)14-16-31)22-33(38)28(20-35(39)46-34-24-45-36-32(34)17-18-43-36)19-26-9-11-30(12-10-26)44-23-27-7-5-4-6-8-27/h4-16,25,28,32-34,36,38H,17-24H2,1-3H3/t28-,32?,33+,34?,36-/m1/s1. The van der Waals surface area contributed by atoms with Crippen LogP contribution in [0.5, 0.6) is 11.5 Å². The van der Waals surface area contributed by atoms with Crippen molar-refractivity contribution in [2.24, 2.45) is 17.8 Å². The predicted octanol–water partition coefficient (Wildman–Crippen LogP) is 4.84. The van der Waals surface area contributed by atoms with Gasteiger partial charge < -0.3 is 28.8 Å². The molecule has 0 aliphatic carbocycles. The Balaban J connectivity index is 1.31. The summed E-state index contributed by atoms with van der Waals surface area (Å²) in [4.78, 5) is 13.4. The van der Waals surface area contributed by atoms with Gasteiger partial charge >= 0.3 is 5.97 Å². The second kappa shape index (κ2) is 16.1. The summed E-state index contributed by atoms with van der Waals surface area (Å²) in [5.41, 5.74) is 1.92. The minimum atomic E-state index is -3.96. The molecule has 3 aromatic carbocycles. The quantitative estimate of drug-likeness (QED) is 0.214. The van der Waals surface area contributed by atoms with Gasteiger partial charge in [0.2, 0.25) is 10.0 Å². The maximum Gasteiger partial charge on any atom is 0.306 e. The van der Waals surface area contributed by atoms with Gasteiger partial charge in [-0.1, -0.05) is 56.3 Å². The van der Waals surface area contributed by atoms with E-state index in [1.54, 1.807) is 12.1 Å². The number of hydrogen-bond donors (Lipinski definition) is 1. The molecule has 0 amide bonds. The van der Waals surface area contributed by atoms with E-state index >= 15 is 0 Å². The van der Waals surface area contributed by atoms with Gasteiger partial charge in [-0.05, 0) is 66.3 Å². The zero-order valence-corrected chi connectivity index (χ0v) is 28.0. The summed E-state index contributed by atoms with van der Waals surface area (Å²) >= 11 is 0. The van der Waals surface area contributed by atoms with Crippen molar-refractivity contribution in [3.8, 4) is 11.5 Å². The average Bonchev–Trinajstić information content (AvgIpc) is 3.69. The Bertz CT molecular complexity index is 1530. The molecule has 2 heterocycles. The van der Waals surface area contributed by atoms with E-state index in [9.17, 15) is 18.3 Å². The highest BCUT2D eigenvalue weighted by atomic mass is 32.2. The van der Waals surface area contributed by atoms with Crippen LogP contribution in [0.15, 0.2) is 83.8 Å². The van der Waals surface area contributed by atoms with Gasteiger partial charge in [0.05, 0.1) is 43.7 Å². The predicted molar refractivity (Wildman–Crippen MR) is 175 cm³/mol. The van der Waals surface area contributed by atoms with Crippen molar-refractivity contribution in [2.75, 3.05) is 33.4 Å². The molecule has 1 N–H and O–H groups in total. The van der Waals surface area contributed by atoms with Crippen LogP contribution >= 0.6 is 0 Å². The average molecular weight is 668 g/mol. The van der Waals surface area contributed by atoms with Crippen LogP contribution in [-0.2, 0) is 42.1 Å². The number of hydrogen-bond acceptors (Lipinski definition) is 9. The monoisotopic (exact) mass is 667 g/mol. The van der Waals surface area contributed by atoms with E-state index in [0.717, 1.165) is 17.5 Å². The summed E-state index contributed by atoms with van der Waals surface area (Å²) in [7, 11) is -2.44. The molecule has 2 unspecified atom stereocenters. The first kappa shape index (κ1) is 34.8. The van der Waals surface area contributed by atoms with Gasteiger partial charge in [0.1, 0.15) is 24.2 Å². The minimum Gasteiger partial charge on any atom is -0.497 e. The van der Waals surface area contributed by atoms with Gasteiger partial charge in [0.15, 0.2) is 6.29 Å². The van der Waals surface area contributed by atoms with E-state index in [0.29, 0.717) is 31.1 Å². The van der Waals surface area contributed by atoms with E-state index in [1.807, 2.05) is 68.4 Å². The van der Waals surface area contributed by atoms with Gasteiger partial charge in [-0.3, -0.25) is 4.79 Å². The Morgan fingerprint density at radius 3 is 2.32 bits per heavy atom.